The van der Waals surface area contributed by atoms with Crippen molar-refractivity contribution in [1.82, 2.24) is 5.32 Å². The Morgan fingerprint density at radius 1 is 0.514 bits per heavy atom. The van der Waals surface area contributed by atoms with E-state index in [1.54, 1.807) is 6.08 Å². The summed E-state index contributed by atoms with van der Waals surface area (Å²) in [6.07, 6.45) is 71.3. The van der Waals surface area contributed by atoms with Crippen molar-refractivity contribution in [3.8, 4) is 0 Å². The molecule has 9 heteroatoms. The second kappa shape index (κ2) is 51.8. The number of amides is 1. The SMILES string of the molecule is CC/C=C\C/C=C\C/C=C\C/C=C\CCCCCCCCCCCCC(=O)NC(COP(=O)([O-])OCC[N+](C)(C)C)C(O)/C=C/CC/C=C/CCCCCCCCCCCCCCCCCCCCC. The Hall–Kier alpha value is -2.06. The zero-order valence-electron chi connectivity index (χ0n) is 46.5. The van der Waals surface area contributed by atoms with Gasteiger partial charge < -0.3 is 28.8 Å². The summed E-state index contributed by atoms with van der Waals surface area (Å²) in [5, 5.41) is 13.9. The van der Waals surface area contributed by atoms with Crippen LogP contribution >= 0.6 is 7.82 Å². The zero-order chi connectivity index (χ0) is 51.3. The number of likely N-dealkylation sites (N-methyl/N-ethyl adjacent to an activating group) is 1. The summed E-state index contributed by atoms with van der Waals surface area (Å²) >= 11 is 0. The Morgan fingerprint density at radius 2 is 0.886 bits per heavy atom. The monoisotopic (exact) mass is 1000 g/mol. The smallest absolute Gasteiger partial charge is 0.268 e. The first-order valence-electron chi connectivity index (χ1n) is 29.3. The van der Waals surface area contributed by atoms with Crippen LogP contribution in [0.4, 0.5) is 0 Å². The number of nitrogens with one attached hydrogen (secondary N) is 1. The quantitative estimate of drug-likeness (QED) is 0.0272. The molecule has 0 aromatic carbocycles. The first-order chi connectivity index (χ1) is 34.0. The van der Waals surface area contributed by atoms with Crippen molar-refractivity contribution in [3.05, 3.63) is 72.9 Å². The molecule has 0 spiro atoms. The van der Waals surface area contributed by atoms with Crippen molar-refractivity contribution in [2.45, 2.75) is 270 Å². The molecule has 0 rings (SSSR count). The highest BCUT2D eigenvalue weighted by atomic mass is 31.2. The van der Waals surface area contributed by atoms with Gasteiger partial charge in [-0.3, -0.25) is 9.36 Å². The lowest BCUT2D eigenvalue weighted by atomic mass is 10.0. The van der Waals surface area contributed by atoms with Gasteiger partial charge in [0.1, 0.15) is 13.2 Å². The maximum Gasteiger partial charge on any atom is 0.268 e. The van der Waals surface area contributed by atoms with Gasteiger partial charge in [-0.05, 0) is 70.6 Å². The van der Waals surface area contributed by atoms with E-state index < -0.39 is 26.6 Å². The van der Waals surface area contributed by atoms with Crippen molar-refractivity contribution in [2.75, 3.05) is 40.9 Å². The van der Waals surface area contributed by atoms with Crippen molar-refractivity contribution in [1.29, 1.82) is 0 Å². The van der Waals surface area contributed by atoms with E-state index in [-0.39, 0.29) is 12.5 Å². The first-order valence-corrected chi connectivity index (χ1v) is 30.8. The first kappa shape index (κ1) is 67.9. The van der Waals surface area contributed by atoms with Gasteiger partial charge in [0.2, 0.25) is 5.91 Å². The third-order valence-electron chi connectivity index (χ3n) is 12.9. The Morgan fingerprint density at radius 3 is 1.33 bits per heavy atom. The molecule has 8 nitrogen and oxygen atoms in total. The van der Waals surface area contributed by atoms with Crippen LogP contribution in [-0.4, -0.2) is 68.5 Å². The molecule has 0 fully saturated rings. The predicted octanol–water partition coefficient (Wildman–Crippen LogP) is 17.2. The highest BCUT2D eigenvalue weighted by molar-refractivity contribution is 7.45. The van der Waals surface area contributed by atoms with Gasteiger partial charge in [-0.2, -0.15) is 0 Å². The number of unbranched alkanes of at least 4 members (excludes halogenated alkanes) is 30. The molecule has 0 aliphatic carbocycles. The van der Waals surface area contributed by atoms with E-state index in [0.29, 0.717) is 17.4 Å². The molecule has 0 aromatic heterocycles. The number of aliphatic hydroxyl groups is 1. The number of carbonyl (C=O) groups is 1. The number of allylic oxidation sites excluding steroid dienone is 11. The van der Waals surface area contributed by atoms with Gasteiger partial charge in [-0.15, -0.1) is 0 Å². The number of hydrogen-bond donors (Lipinski definition) is 2. The van der Waals surface area contributed by atoms with Crippen LogP contribution in [0.25, 0.3) is 0 Å². The Labute approximate surface area is 434 Å². The van der Waals surface area contributed by atoms with Crippen molar-refractivity contribution in [3.63, 3.8) is 0 Å². The molecule has 408 valence electrons. The molecular formula is C61H113N2O6P. The van der Waals surface area contributed by atoms with E-state index in [1.165, 1.54) is 167 Å². The third-order valence-corrected chi connectivity index (χ3v) is 13.9. The van der Waals surface area contributed by atoms with Gasteiger partial charge >= 0.3 is 0 Å². The van der Waals surface area contributed by atoms with Crippen LogP contribution in [0.1, 0.15) is 258 Å². The van der Waals surface area contributed by atoms with Crippen LogP contribution < -0.4 is 10.2 Å². The molecule has 0 bridgehead atoms. The van der Waals surface area contributed by atoms with Crippen molar-refractivity contribution < 1.29 is 32.9 Å². The molecular weight excluding hydrogens is 888 g/mol. The fourth-order valence-corrected chi connectivity index (χ4v) is 9.06. The fourth-order valence-electron chi connectivity index (χ4n) is 8.34. The number of hydrogen-bond acceptors (Lipinski definition) is 6. The minimum absolute atomic E-state index is 0.00983. The summed E-state index contributed by atoms with van der Waals surface area (Å²) in [5.41, 5.74) is 0. The van der Waals surface area contributed by atoms with Gasteiger partial charge in [0.25, 0.3) is 7.82 Å². The molecule has 3 unspecified atom stereocenters. The highest BCUT2D eigenvalue weighted by Gasteiger charge is 2.23. The standard InChI is InChI=1S/C61H113N2O6P/c1-6-8-10-12-14-16-18-20-22-24-26-28-30-31-33-34-36-38-40-42-44-46-48-50-52-54-60(64)59(58-69-70(66,67)68-57-56-63(3,4)5)62-61(65)55-53-51-49-47-45-43-41-39-37-35-32-29-27-25-23-21-19-17-15-13-11-9-7-2/h9,11,15,17,21,23,27,29,44,46,52,54,59-60,64H,6-8,10,12-14,16,18-20,22,24-26,28,30-43,45,47-51,53,55-58H2,1-5H3,(H-,62,65,66,67)/b11-9-,17-15-,23-21-,29-27-,46-44+,54-52+. The van der Waals surface area contributed by atoms with E-state index in [2.05, 4.69) is 79.9 Å². The molecule has 0 heterocycles. The molecule has 0 saturated carbocycles. The van der Waals surface area contributed by atoms with Crippen LogP contribution in [-0.2, 0) is 18.4 Å². The Kier molecular flexibility index (Phi) is 50.3. The second-order valence-electron chi connectivity index (χ2n) is 21.0. The lowest BCUT2D eigenvalue weighted by Crippen LogP contribution is -2.45. The lowest BCUT2D eigenvalue weighted by Gasteiger charge is -2.29. The van der Waals surface area contributed by atoms with Crippen molar-refractivity contribution >= 4 is 13.7 Å². The molecule has 0 aromatic rings. The summed E-state index contributed by atoms with van der Waals surface area (Å²) in [6.45, 7) is 4.53. The normalized spacial score (nSPS) is 14.4. The van der Waals surface area contributed by atoms with E-state index in [1.807, 2.05) is 27.2 Å². The predicted molar refractivity (Wildman–Crippen MR) is 302 cm³/mol. The van der Waals surface area contributed by atoms with Crippen LogP contribution in [0.5, 0.6) is 0 Å². The summed E-state index contributed by atoms with van der Waals surface area (Å²) < 4.78 is 23.3. The Bertz CT molecular complexity index is 1370. The zero-order valence-corrected chi connectivity index (χ0v) is 47.4. The van der Waals surface area contributed by atoms with E-state index in [4.69, 9.17) is 9.05 Å². The number of aliphatic hydroxyl groups excluding tert-OH is 1. The molecule has 3 atom stereocenters. The maximum absolute atomic E-state index is 13.0. The number of rotatable bonds is 53. The highest BCUT2D eigenvalue weighted by Crippen LogP contribution is 2.38. The maximum atomic E-state index is 13.0. The summed E-state index contributed by atoms with van der Waals surface area (Å²) in [5.74, 6) is -0.212. The van der Waals surface area contributed by atoms with Gasteiger partial charge in [0.15, 0.2) is 0 Å². The number of carbonyl (C=O) groups excluding carboxylic acids is 1. The van der Waals surface area contributed by atoms with Crippen LogP contribution in [0.3, 0.4) is 0 Å². The molecule has 2 N–H and O–H groups in total. The summed E-state index contributed by atoms with van der Waals surface area (Å²) in [7, 11) is 1.24. The minimum Gasteiger partial charge on any atom is -0.756 e. The Balaban J connectivity index is 4.26. The van der Waals surface area contributed by atoms with Crippen LogP contribution in [0.15, 0.2) is 72.9 Å². The molecule has 0 aliphatic rings. The molecule has 0 saturated heterocycles. The average molecular weight is 1000 g/mol. The summed E-state index contributed by atoms with van der Waals surface area (Å²) in [6, 6.07) is -0.910. The van der Waals surface area contributed by atoms with E-state index >= 15 is 0 Å². The lowest BCUT2D eigenvalue weighted by molar-refractivity contribution is -0.870. The van der Waals surface area contributed by atoms with Crippen LogP contribution in [0, 0.1) is 0 Å². The number of nitrogens with zero attached hydrogens (tertiary/aromatic N) is 1. The molecule has 0 aliphatic heterocycles. The minimum atomic E-state index is -4.61. The number of phosphoric ester groups is 1. The van der Waals surface area contributed by atoms with E-state index in [0.717, 1.165) is 70.6 Å². The number of quaternary nitrogens is 1. The van der Waals surface area contributed by atoms with Crippen molar-refractivity contribution in [2.24, 2.45) is 0 Å². The molecule has 70 heavy (non-hydrogen) atoms. The summed E-state index contributed by atoms with van der Waals surface area (Å²) in [4.78, 5) is 25.5. The van der Waals surface area contributed by atoms with Gasteiger partial charge in [0.05, 0.1) is 39.9 Å². The average Bonchev–Trinajstić information content (AvgIpc) is 3.32. The third kappa shape index (κ3) is 53.7. The topological polar surface area (TPSA) is 108 Å². The second-order valence-corrected chi connectivity index (χ2v) is 22.4. The van der Waals surface area contributed by atoms with Crippen LogP contribution in [0.2, 0.25) is 0 Å². The van der Waals surface area contributed by atoms with Gasteiger partial charge in [-0.1, -0.05) is 254 Å². The molecule has 1 amide bonds. The number of phosphoric acid groups is 1. The fraction of sp³-hybridized carbons (Fsp3) is 0.787. The largest absolute Gasteiger partial charge is 0.756 e. The van der Waals surface area contributed by atoms with Gasteiger partial charge in [0, 0.05) is 6.42 Å². The van der Waals surface area contributed by atoms with Gasteiger partial charge in [-0.25, -0.2) is 0 Å². The van der Waals surface area contributed by atoms with E-state index in [9.17, 15) is 19.4 Å². The molecule has 0 radical (unpaired) electrons.